The van der Waals surface area contributed by atoms with Gasteiger partial charge in [-0.25, -0.2) is 9.18 Å². The van der Waals surface area contributed by atoms with Gasteiger partial charge in [0, 0.05) is 6.08 Å². The number of cyclic esters (lactones) is 1. The third-order valence-electron chi connectivity index (χ3n) is 3.06. The molecule has 98 valence electrons. The fourth-order valence-corrected chi connectivity index (χ4v) is 2.04. The maximum absolute atomic E-state index is 13.0. The van der Waals surface area contributed by atoms with E-state index >= 15 is 0 Å². The van der Waals surface area contributed by atoms with Crippen LogP contribution in [0.5, 0.6) is 0 Å². The maximum Gasteiger partial charge on any atom is 0.331 e. The van der Waals surface area contributed by atoms with E-state index in [-0.39, 0.29) is 11.6 Å². The number of carbonyl (C=O) groups is 2. The lowest BCUT2D eigenvalue weighted by Crippen LogP contribution is -2.23. The normalized spacial score (nSPS) is 19.1. The SMILES string of the molecule is C=C(C(C)=O)[C@@H](c1ccc(F)cc1)[C@@H]1C=CC(=O)O1. The van der Waals surface area contributed by atoms with Gasteiger partial charge in [-0.3, -0.25) is 4.79 Å². The van der Waals surface area contributed by atoms with E-state index in [1.54, 1.807) is 18.2 Å². The monoisotopic (exact) mass is 260 g/mol. The molecule has 2 atom stereocenters. The summed E-state index contributed by atoms with van der Waals surface area (Å²) < 4.78 is 18.1. The molecular weight excluding hydrogens is 247 g/mol. The Balaban J connectivity index is 2.37. The molecule has 0 spiro atoms. The Kier molecular flexibility index (Phi) is 3.60. The molecule has 19 heavy (non-hydrogen) atoms. The minimum absolute atomic E-state index is 0.189. The van der Waals surface area contributed by atoms with E-state index in [1.807, 2.05) is 0 Å². The Morgan fingerprint density at radius 3 is 2.47 bits per heavy atom. The number of ether oxygens (including phenoxy) is 1. The van der Waals surface area contributed by atoms with Crippen LogP contribution in [0.1, 0.15) is 18.4 Å². The molecule has 1 aromatic carbocycles. The smallest absolute Gasteiger partial charge is 0.331 e. The summed E-state index contributed by atoms with van der Waals surface area (Å²) in [5.41, 5.74) is 1.02. The topological polar surface area (TPSA) is 43.4 Å². The van der Waals surface area contributed by atoms with Crippen molar-refractivity contribution in [2.24, 2.45) is 0 Å². The Morgan fingerprint density at radius 1 is 1.37 bits per heavy atom. The van der Waals surface area contributed by atoms with E-state index in [0.717, 1.165) is 0 Å². The molecule has 2 rings (SSSR count). The van der Waals surface area contributed by atoms with Crippen LogP contribution in [0, 0.1) is 5.82 Å². The second-order valence-corrected chi connectivity index (χ2v) is 4.37. The van der Waals surface area contributed by atoms with Crippen molar-refractivity contribution in [3.05, 3.63) is 60.0 Å². The molecule has 0 saturated heterocycles. The number of Topliss-reactive ketones (excluding diaryl/α,β-unsaturated/α-hetero) is 1. The van der Waals surface area contributed by atoms with Crippen LogP contribution in [0.15, 0.2) is 48.6 Å². The van der Waals surface area contributed by atoms with Crippen molar-refractivity contribution in [3.8, 4) is 0 Å². The molecule has 0 saturated carbocycles. The molecule has 4 heteroatoms. The molecule has 1 aromatic rings. The predicted octanol–water partition coefficient (Wildman–Crippen LogP) is 2.54. The average Bonchev–Trinajstić information content (AvgIpc) is 2.78. The summed E-state index contributed by atoms with van der Waals surface area (Å²) in [4.78, 5) is 22.7. The standard InChI is InChI=1S/C15H13FO3/c1-9(10(2)17)15(13-7-8-14(18)19-13)11-3-5-12(16)6-4-11/h3-8,13,15H,1H2,2H3/t13-,15-/m0/s1. The number of hydrogen-bond acceptors (Lipinski definition) is 3. The number of rotatable bonds is 4. The van der Waals surface area contributed by atoms with E-state index in [4.69, 9.17) is 4.74 Å². The lowest BCUT2D eigenvalue weighted by molar-refractivity contribution is -0.139. The first kappa shape index (κ1) is 13.2. The first-order valence-corrected chi connectivity index (χ1v) is 5.83. The van der Waals surface area contributed by atoms with Crippen molar-refractivity contribution in [2.45, 2.75) is 18.9 Å². The summed E-state index contributed by atoms with van der Waals surface area (Å²) in [6.07, 6.45) is 2.33. The lowest BCUT2D eigenvalue weighted by atomic mass is 9.85. The van der Waals surface area contributed by atoms with Crippen molar-refractivity contribution in [1.29, 1.82) is 0 Å². The lowest BCUT2D eigenvalue weighted by Gasteiger charge is -2.23. The molecule has 3 nitrogen and oxygen atoms in total. The zero-order chi connectivity index (χ0) is 14.0. The molecule has 0 N–H and O–H groups in total. The van der Waals surface area contributed by atoms with Gasteiger partial charge in [0.25, 0.3) is 0 Å². The van der Waals surface area contributed by atoms with Crippen molar-refractivity contribution >= 4 is 11.8 Å². The Bertz CT molecular complexity index is 557. The summed E-state index contributed by atoms with van der Waals surface area (Å²) in [5, 5.41) is 0. The van der Waals surface area contributed by atoms with E-state index < -0.39 is 18.0 Å². The number of hydrogen-bond donors (Lipinski definition) is 0. The second-order valence-electron chi connectivity index (χ2n) is 4.37. The van der Waals surface area contributed by atoms with Gasteiger partial charge in [-0.05, 0) is 36.3 Å². The van der Waals surface area contributed by atoms with Crippen LogP contribution in [0.2, 0.25) is 0 Å². The zero-order valence-corrected chi connectivity index (χ0v) is 10.4. The minimum Gasteiger partial charge on any atom is -0.454 e. The highest BCUT2D eigenvalue weighted by molar-refractivity contribution is 5.95. The Hall–Kier alpha value is -2.23. The molecule has 0 amide bonds. The van der Waals surface area contributed by atoms with E-state index in [0.29, 0.717) is 11.1 Å². The van der Waals surface area contributed by atoms with Crippen molar-refractivity contribution in [3.63, 3.8) is 0 Å². The Labute approximate surface area is 110 Å². The van der Waals surface area contributed by atoms with Crippen LogP contribution in [0.4, 0.5) is 4.39 Å². The van der Waals surface area contributed by atoms with Gasteiger partial charge in [0.15, 0.2) is 5.78 Å². The van der Waals surface area contributed by atoms with Crippen molar-refractivity contribution < 1.29 is 18.7 Å². The summed E-state index contributed by atoms with van der Waals surface area (Å²) in [5.74, 6) is -1.49. The molecule has 0 bridgehead atoms. The summed E-state index contributed by atoms with van der Waals surface area (Å²) in [6.45, 7) is 5.16. The zero-order valence-electron chi connectivity index (χ0n) is 10.4. The van der Waals surface area contributed by atoms with Gasteiger partial charge in [-0.2, -0.15) is 0 Å². The fraction of sp³-hybridized carbons (Fsp3) is 0.200. The molecule has 1 aliphatic rings. The van der Waals surface area contributed by atoms with Crippen LogP contribution in [-0.4, -0.2) is 17.9 Å². The molecule has 0 aliphatic carbocycles. The van der Waals surface area contributed by atoms with Crippen molar-refractivity contribution in [1.82, 2.24) is 0 Å². The number of esters is 1. The quantitative estimate of drug-likeness (QED) is 0.617. The number of benzene rings is 1. The summed E-state index contributed by atoms with van der Waals surface area (Å²) in [6, 6.07) is 5.73. The highest BCUT2D eigenvalue weighted by atomic mass is 19.1. The fourth-order valence-electron chi connectivity index (χ4n) is 2.04. The summed E-state index contributed by atoms with van der Waals surface area (Å²) in [7, 11) is 0. The largest absolute Gasteiger partial charge is 0.454 e. The average molecular weight is 260 g/mol. The van der Waals surface area contributed by atoms with Gasteiger partial charge in [0.2, 0.25) is 0 Å². The van der Waals surface area contributed by atoms with Gasteiger partial charge in [0.1, 0.15) is 11.9 Å². The highest BCUT2D eigenvalue weighted by Gasteiger charge is 2.31. The molecule has 0 unspecified atom stereocenters. The van der Waals surface area contributed by atoms with E-state index in [9.17, 15) is 14.0 Å². The first-order chi connectivity index (χ1) is 8.99. The first-order valence-electron chi connectivity index (χ1n) is 5.83. The second kappa shape index (κ2) is 5.18. The van der Waals surface area contributed by atoms with Crippen LogP contribution in [0.3, 0.4) is 0 Å². The van der Waals surface area contributed by atoms with Gasteiger partial charge < -0.3 is 4.74 Å². The molecular formula is C15H13FO3. The number of carbonyl (C=O) groups excluding carboxylic acids is 2. The predicted molar refractivity (Wildman–Crippen MR) is 68.0 cm³/mol. The van der Waals surface area contributed by atoms with Gasteiger partial charge in [-0.1, -0.05) is 18.7 Å². The third-order valence-corrected chi connectivity index (χ3v) is 3.06. The number of halogens is 1. The molecule has 0 radical (unpaired) electrons. The van der Waals surface area contributed by atoms with Crippen LogP contribution < -0.4 is 0 Å². The van der Waals surface area contributed by atoms with E-state index in [2.05, 4.69) is 6.58 Å². The van der Waals surface area contributed by atoms with E-state index in [1.165, 1.54) is 25.1 Å². The van der Waals surface area contributed by atoms with Gasteiger partial charge in [-0.15, -0.1) is 0 Å². The van der Waals surface area contributed by atoms with Gasteiger partial charge >= 0.3 is 5.97 Å². The molecule has 0 fully saturated rings. The van der Waals surface area contributed by atoms with Crippen LogP contribution >= 0.6 is 0 Å². The number of ketones is 1. The third kappa shape index (κ3) is 2.78. The summed E-state index contributed by atoms with van der Waals surface area (Å²) >= 11 is 0. The molecule has 1 heterocycles. The van der Waals surface area contributed by atoms with Crippen LogP contribution in [0.25, 0.3) is 0 Å². The van der Waals surface area contributed by atoms with Crippen LogP contribution in [-0.2, 0) is 14.3 Å². The van der Waals surface area contributed by atoms with Gasteiger partial charge in [0.05, 0.1) is 5.92 Å². The van der Waals surface area contributed by atoms with Crippen molar-refractivity contribution in [2.75, 3.05) is 0 Å². The molecule has 1 aliphatic heterocycles. The molecule has 0 aromatic heterocycles. The minimum atomic E-state index is -0.575. The highest BCUT2D eigenvalue weighted by Crippen LogP contribution is 2.32. The Morgan fingerprint density at radius 2 is 2.00 bits per heavy atom. The maximum atomic E-state index is 13.0.